The molecule has 162 valence electrons. The molecule has 1 N–H and O–H groups in total. The summed E-state index contributed by atoms with van der Waals surface area (Å²) in [6.45, 7) is 8.02. The van der Waals surface area contributed by atoms with E-state index in [4.69, 9.17) is 27.9 Å². The summed E-state index contributed by atoms with van der Waals surface area (Å²) in [5.41, 5.74) is 2.65. The van der Waals surface area contributed by atoms with Gasteiger partial charge in [0.2, 0.25) is 5.91 Å². The van der Waals surface area contributed by atoms with Crippen LogP contribution in [-0.2, 0) is 16.1 Å². The Morgan fingerprint density at radius 3 is 2.40 bits per heavy atom. The summed E-state index contributed by atoms with van der Waals surface area (Å²) in [7, 11) is 0. The lowest BCUT2D eigenvalue weighted by Gasteiger charge is -2.29. The summed E-state index contributed by atoms with van der Waals surface area (Å²) in [6.07, 6.45) is 0.804. The summed E-state index contributed by atoms with van der Waals surface area (Å²) < 4.78 is 5.75. The van der Waals surface area contributed by atoms with E-state index >= 15 is 0 Å². The molecule has 0 fully saturated rings. The van der Waals surface area contributed by atoms with E-state index in [-0.39, 0.29) is 25.0 Å². The van der Waals surface area contributed by atoms with Gasteiger partial charge < -0.3 is 15.0 Å². The van der Waals surface area contributed by atoms with Gasteiger partial charge >= 0.3 is 0 Å². The summed E-state index contributed by atoms with van der Waals surface area (Å²) >= 11 is 12.6. The van der Waals surface area contributed by atoms with Crippen LogP contribution in [0.3, 0.4) is 0 Å². The molecule has 1 unspecified atom stereocenters. The molecule has 0 aromatic heterocycles. The van der Waals surface area contributed by atoms with Gasteiger partial charge in [-0.15, -0.1) is 0 Å². The van der Waals surface area contributed by atoms with Crippen molar-refractivity contribution in [3.63, 3.8) is 0 Å². The van der Waals surface area contributed by atoms with E-state index in [1.165, 1.54) is 4.90 Å². The molecule has 2 amide bonds. The molecule has 0 aliphatic heterocycles. The number of carbonyl (C=O) groups excluding carboxylic acids is 2. The van der Waals surface area contributed by atoms with Gasteiger partial charge in [0, 0.05) is 28.7 Å². The molecule has 0 spiro atoms. The third-order valence-corrected chi connectivity index (χ3v) is 5.50. The van der Waals surface area contributed by atoms with Crippen LogP contribution in [0.2, 0.25) is 10.0 Å². The first-order valence-corrected chi connectivity index (χ1v) is 10.7. The van der Waals surface area contributed by atoms with Crippen molar-refractivity contribution in [2.24, 2.45) is 0 Å². The predicted octanol–water partition coefficient (Wildman–Crippen LogP) is 4.93. The number of halogens is 2. The van der Waals surface area contributed by atoms with Gasteiger partial charge in [-0.05, 0) is 51.0 Å². The summed E-state index contributed by atoms with van der Waals surface area (Å²) in [5.74, 6) is 0.0674. The number of nitrogens with one attached hydrogen (secondary N) is 1. The van der Waals surface area contributed by atoms with Crippen molar-refractivity contribution < 1.29 is 14.3 Å². The molecule has 0 saturated carbocycles. The summed E-state index contributed by atoms with van der Waals surface area (Å²) in [6, 6.07) is 10.2. The number of hydrogen-bond donors (Lipinski definition) is 1. The number of ether oxygens (including phenoxy) is 1. The van der Waals surface area contributed by atoms with Crippen LogP contribution < -0.4 is 10.1 Å². The molecule has 7 heteroatoms. The Bertz CT molecular complexity index is 882. The number of hydrogen-bond acceptors (Lipinski definition) is 3. The Hall–Kier alpha value is -2.24. The second-order valence-corrected chi connectivity index (χ2v) is 8.06. The first-order chi connectivity index (χ1) is 14.2. The average molecular weight is 451 g/mol. The van der Waals surface area contributed by atoms with E-state index in [0.29, 0.717) is 27.9 Å². The highest BCUT2D eigenvalue weighted by atomic mass is 35.5. The Morgan fingerprint density at radius 2 is 1.80 bits per heavy atom. The van der Waals surface area contributed by atoms with Crippen LogP contribution in [0.5, 0.6) is 5.75 Å². The van der Waals surface area contributed by atoms with Crippen molar-refractivity contribution in [1.29, 1.82) is 0 Å². The van der Waals surface area contributed by atoms with Gasteiger partial charge in [0.15, 0.2) is 6.61 Å². The quantitative estimate of drug-likeness (QED) is 0.588. The number of rotatable bonds is 9. The largest absolute Gasteiger partial charge is 0.483 e. The monoisotopic (exact) mass is 450 g/mol. The van der Waals surface area contributed by atoms with E-state index in [1.807, 2.05) is 39.0 Å². The normalized spacial score (nSPS) is 11.7. The Labute approximate surface area is 188 Å². The first-order valence-electron chi connectivity index (χ1n) is 9.94. The van der Waals surface area contributed by atoms with Crippen LogP contribution in [0.15, 0.2) is 36.4 Å². The highest BCUT2D eigenvalue weighted by Crippen LogP contribution is 2.27. The minimum Gasteiger partial charge on any atom is -0.483 e. The second kappa shape index (κ2) is 11.2. The fourth-order valence-corrected chi connectivity index (χ4v) is 3.53. The van der Waals surface area contributed by atoms with Gasteiger partial charge in [-0.3, -0.25) is 9.59 Å². The number of carbonyl (C=O) groups is 2. The number of benzene rings is 2. The number of aryl methyl sites for hydroxylation is 2. The molecule has 0 aliphatic rings. The van der Waals surface area contributed by atoms with Crippen molar-refractivity contribution in [2.45, 2.75) is 46.7 Å². The maximum absolute atomic E-state index is 13.1. The van der Waals surface area contributed by atoms with E-state index < -0.39 is 6.04 Å². The maximum atomic E-state index is 13.1. The highest BCUT2D eigenvalue weighted by molar-refractivity contribution is 6.36. The molecule has 0 heterocycles. The SMILES string of the molecule is CCCNC(=O)C(C)N(Cc1c(Cl)cccc1Cl)C(=O)COc1ccc(C)cc1C. The van der Waals surface area contributed by atoms with Gasteiger partial charge in [-0.2, -0.15) is 0 Å². The van der Waals surface area contributed by atoms with E-state index in [0.717, 1.165) is 17.5 Å². The molecule has 1 atom stereocenters. The molecule has 2 aromatic carbocycles. The molecular formula is C23H28Cl2N2O3. The lowest BCUT2D eigenvalue weighted by molar-refractivity contribution is -0.142. The standard InChI is InChI=1S/C23H28Cl2N2O3/c1-5-11-26-23(29)17(4)27(13-18-19(24)7-6-8-20(18)25)22(28)14-30-21-10-9-15(2)12-16(21)3/h6-10,12,17H,5,11,13-14H2,1-4H3,(H,26,29). The number of nitrogens with zero attached hydrogens (tertiary/aromatic N) is 1. The zero-order valence-corrected chi connectivity index (χ0v) is 19.3. The van der Waals surface area contributed by atoms with Crippen molar-refractivity contribution in [3.05, 3.63) is 63.1 Å². The Balaban J connectivity index is 2.22. The molecule has 0 bridgehead atoms. The van der Waals surface area contributed by atoms with Gasteiger partial charge in [0.05, 0.1) is 0 Å². The van der Waals surface area contributed by atoms with Gasteiger partial charge in [-0.25, -0.2) is 0 Å². The Kier molecular flexibility index (Phi) is 9.00. The van der Waals surface area contributed by atoms with Crippen LogP contribution in [0.25, 0.3) is 0 Å². The van der Waals surface area contributed by atoms with Crippen LogP contribution in [-0.4, -0.2) is 35.9 Å². The zero-order valence-electron chi connectivity index (χ0n) is 17.8. The van der Waals surface area contributed by atoms with Crippen LogP contribution in [0.4, 0.5) is 0 Å². The van der Waals surface area contributed by atoms with Gasteiger partial charge in [-0.1, -0.05) is 53.9 Å². The van der Waals surface area contributed by atoms with Crippen LogP contribution >= 0.6 is 23.2 Å². The molecule has 30 heavy (non-hydrogen) atoms. The first kappa shape index (κ1) is 24.0. The minimum absolute atomic E-state index is 0.105. The zero-order chi connectivity index (χ0) is 22.3. The molecule has 2 aromatic rings. The second-order valence-electron chi connectivity index (χ2n) is 7.25. The highest BCUT2D eigenvalue weighted by Gasteiger charge is 2.27. The van der Waals surface area contributed by atoms with Crippen molar-refractivity contribution >= 4 is 35.0 Å². The molecule has 0 aliphatic carbocycles. The predicted molar refractivity (Wildman–Crippen MR) is 121 cm³/mol. The van der Waals surface area contributed by atoms with Gasteiger partial charge in [0.1, 0.15) is 11.8 Å². The van der Waals surface area contributed by atoms with Crippen LogP contribution in [0.1, 0.15) is 37.0 Å². The van der Waals surface area contributed by atoms with Gasteiger partial charge in [0.25, 0.3) is 5.91 Å². The summed E-state index contributed by atoms with van der Waals surface area (Å²) in [4.78, 5) is 27.1. The third-order valence-electron chi connectivity index (χ3n) is 4.79. The average Bonchev–Trinajstić information content (AvgIpc) is 2.70. The van der Waals surface area contributed by atoms with E-state index in [2.05, 4.69) is 5.32 Å². The van der Waals surface area contributed by atoms with E-state index in [9.17, 15) is 9.59 Å². The topological polar surface area (TPSA) is 58.6 Å². The molecular weight excluding hydrogens is 423 g/mol. The third kappa shape index (κ3) is 6.38. The molecule has 0 saturated heterocycles. The lowest BCUT2D eigenvalue weighted by atomic mass is 10.1. The maximum Gasteiger partial charge on any atom is 0.261 e. The van der Waals surface area contributed by atoms with Crippen LogP contribution in [0, 0.1) is 13.8 Å². The smallest absolute Gasteiger partial charge is 0.261 e. The lowest BCUT2D eigenvalue weighted by Crippen LogP contribution is -2.49. The molecule has 0 radical (unpaired) electrons. The molecule has 2 rings (SSSR count). The fraction of sp³-hybridized carbons (Fsp3) is 0.391. The van der Waals surface area contributed by atoms with Crippen molar-refractivity contribution in [2.75, 3.05) is 13.2 Å². The van der Waals surface area contributed by atoms with Crippen molar-refractivity contribution in [1.82, 2.24) is 10.2 Å². The number of amides is 2. The fourth-order valence-electron chi connectivity index (χ4n) is 3.02. The molecule has 5 nitrogen and oxygen atoms in total. The van der Waals surface area contributed by atoms with E-state index in [1.54, 1.807) is 25.1 Å². The minimum atomic E-state index is -0.709. The Morgan fingerprint density at radius 1 is 1.13 bits per heavy atom. The summed E-state index contributed by atoms with van der Waals surface area (Å²) in [5, 5.41) is 3.71. The van der Waals surface area contributed by atoms with Crippen molar-refractivity contribution in [3.8, 4) is 5.75 Å².